The second-order valence-corrected chi connectivity index (χ2v) is 5.52. The normalized spacial score (nSPS) is 13.9. The molecule has 0 fully saturated rings. The first-order chi connectivity index (χ1) is 6.20. The summed E-state index contributed by atoms with van der Waals surface area (Å²) >= 11 is 0. The monoisotopic (exact) mass is 199 g/mol. The number of hydrogen-bond donors (Lipinski definition) is 0. The number of aliphatic imine (C=N–C) groups is 1. The summed E-state index contributed by atoms with van der Waals surface area (Å²) in [4.78, 5) is 4.50. The smallest absolute Gasteiger partial charge is 0.184 e. The van der Waals surface area contributed by atoms with E-state index in [0.717, 1.165) is 12.3 Å². The number of ether oxygens (including phenoxy) is 1. The first kappa shape index (κ1) is 13.5. The summed E-state index contributed by atoms with van der Waals surface area (Å²) in [5.74, 6) is 0.891. The molecule has 0 rings (SSSR count). The first-order valence-corrected chi connectivity index (χ1v) is 5.44. The van der Waals surface area contributed by atoms with E-state index in [-0.39, 0.29) is 11.5 Å². The van der Waals surface area contributed by atoms with E-state index in [0.29, 0.717) is 6.04 Å². The van der Waals surface area contributed by atoms with Crippen molar-refractivity contribution in [2.45, 2.75) is 67.0 Å². The van der Waals surface area contributed by atoms with Crippen LogP contribution in [0.1, 0.15) is 54.9 Å². The summed E-state index contributed by atoms with van der Waals surface area (Å²) in [5, 5.41) is 0. The van der Waals surface area contributed by atoms with Crippen molar-refractivity contribution in [2.75, 3.05) is 0 Å². The van der Waals surface area contributed by atoms with E-state index in [2.05, 4.69) is 39.6 Å². The average Bonchev–Trinajstić information content (AvgIpc) is 1.77. The molecule has 0 bridgehead atoms. The van der Waals surface area contributed by atoms with Gasteiger partial charge in [-0.2, -0.15) is 0 Å². The minimum absolute atomic E-state index is 0.217. The van der Waals surface area contributed by atoms with Gasteiger partial charge in [0, 0.05) is 12.5 Å². The molecule has 0 spiro atoms. The first-order valence-electron chi connectivity index (χ1n) is 5.44. The van der Waals surface area contributed by atoms with Crippen LogP contribution in [0.4, 0.5) is 0 Å². The number of rotatable bonds is 3. The molecular formula is C12H25NO. The maximum absolute atomic E-state index is 5.69. The van der Waals surface area contributed by atoms with Crippen molar-refractivity contribution in [2.24, 2.45) is 10.4 Å². The second-order valence-electron chi connectivity index (χ2n) is 5.52. The van der Waals surface area contributed by atoms with E-state index in [9.17, 15) is 0 Å². The summed E-state index contributed by atoms with van der Waals surface area (Å²) in [6.07, 6.45) is 1.12. The van der Waals surface area contributed by atoms with Crippen molar-refractivity contribution in [3.05, 3.63) is 0 Å². The van der Waals surface area contributed by atoms with Crippen LogP contribution in [-0.4, -0.2) is 18.0 Å². The van der Waals surface area contributed by atoms with Gasteiger partial charge in [0.2, 0.25) is 0 Å². The summed E-state index contributed by atoms with van der Waals surface area (Å²) in [6.45, 7) is 14.8. The van der Waals surface area contributed by atoms with Crippen LogP contribution in [0.3, 0.4) is 0 Å². The minimum Gasteiger partial charge on any atom is -0.478 e. The molecule has 0 unspecified atom stereocenters. The molecule has 2 heteroatoms. The largest absolute Gasteiger partial charge is 0.478 e. The summed E-state index contributed by atoms with van der Waals surface area (Å²) < 4.78 is 5.69. The van der Waals surface area contributed by atoms with Crippen LogP contribution in [-0.2, 0) is 4.74 Å². The van der Waals surface area contributed by atoms with E-state index in [1.807, 2.05) is 13.8 Å². The molecule has 2 nitrogen and oxygen atoms in total. The summed E-state index contributed by atoms with van der Waals surface area (Å²) in [7, 11) is 0. The van der Waals surface area contributed by atoms with Gasteiger partial charge >= 0.3 is 0 Å². The highest BCUT2D eigenvalue weighted by Gasteiger charge is 2.16. The Morgan fingerprint density at radius 1 is 1.14 bits per heavy atom. The molecule has 0 saturated heterocycles. The van der Waals surface area contributed by atoms with Crippen molar-refractivity contribution in [1.29, 1.82) is 0 Å². The van der Waals surface area contributed by atoms with Gasteiger partial charge in [-0.05, 0) is 33.1 Å². The Morgan fingerprint density at radius 2 is 1.64 bits per heavy atom. The molecule has 0 aliphatic rings. The van der Waals surface area contributed by atoms with Gasteiger partial charge in [-0.25, -0.2) is 0 Å². The van der Waals surface area contributed by atoms with Gasteiger partial charge in [0.25, 0.3) is 0 Å². The molecule has 0 aliphatic heterocycles. The van der Waals surface area contributed by atoms with Crippen molar-refractivity contribution < 1.29 is 4.74 Å². The van der Waals surface area contributed by atoms with Gasteiger partial charge < -0.3 is 4.74 Å². The van der Waals surface area contributed by atoms with Crippen molar-refractivity contribution in [3.8, 4) is 0 Å². The standard InChI is InChI=1S/C12H25NO/c1-9(2)13-11(14-10(3)4)8-12(5,6)7/h9-10H,8H2,1-7H3. The number of hydrogen-bond acceptors (Lipinski definition) is 2. The molecule has 84 valence electrons. The fourth-order valence-corrected chi connectivity index (χ4v) is 1.13. The molecule has 0 N–H and O–H groups in total. The van der Waals surface area contributed by atoms with Crippen LogP contribution in [0, 0.1) is 5.41 Å². The highest BCUT2D eigenvalue weighted by Crippen LogP contribution is 2.20. The van der Waals surface area contributed by atoms with Crippen LogP contribution >= 0.6 is 0 Å². The molecule has 0 radical (unpaired) electrons. The topological polar surface area (TPSA) is 21.6 Å². The predicted octanol–water partition coefficient (Wildman–Crippen LogP) is 3.65. The fourth-order valence-electron chi connectivity index (χ4n) is 1.13. The second kappa shape index (κ2) is 5.38. The molecule has 0 aromatic rings. The lowest BCUT2D eigenvalue weighted by atomic mass is 9.92. The van der Waals surface area contributed by atoms with Gasteiger partial charge in [-0.15, -0.1) is 0 Å². The third-order valence-corrected chi connectivity index (χ3v) is 1.46. The lowest BCUT2D eigenvalue weighted by Gasteiger charge is -2.21. The SMILES string of the molecule is CC(C)N=C(CC(C)(C)C)OC(C)C. The molecule has 0 atom stereocenters. The van der Waals surface area contributed by atoms with Gasteiger partial charge in [-0.3, -0.25) is 4.99 Å². The Morgan fingerprint density at radius 3 is 1.93 bits per heavy atom. The van der Waals surface area contributed by atoms with Gasteiger partial charge in [0.1, 0.15) is 0 Å². The Balaban J connectivity index is 4.41. The Labute approximate surface area is 88.8 Å². The van der Waals surface area contributed by atoms with E-state index in [1.165, 1.54) is 0 Å². The summed E-state index contributed by atoms with van der Waals surface area (Å²) in [5.41, 5.74) is 0.239. The average molecular weight is 199 g/mol. The van der Waals surface area contributed by atoms with Crippen LogP contribution in [0.2, 0.25) is 0 Å². The molecule has 0 aliphatic carbocycles. The van der Waals surface area contributed by atoms with Crippen molar-refractivity contribution in [3.63, 3.8) is 0 Å². The quantitative estimate of drug-likeness (QED) is 0.502. The molecule has 0 amide bonds. The zero-order chi connectivity index (χ0) is 11.4. The van der Waals surface area contributed by atoms with Crippen LogP contribution in [0.25, 0.3) is 0 Å². The van der Waals surface area contributed by atoms with Crippen LogP contribution < -0.4 is 0 Å². The Hall–Kier alpha value is -0.530. The summed E-state index contributed by atoms with van der Waals surface area (Å²) in [6, 6.07) is 0.311. The Bertz CT molecular complexity index is 187. The van der Waals surface area contributed by atoms with Gasteiger partial charge in [0.15, 0.2) is 5.90 Å². The predicted molar refractivity (Wildman–Crippen MR) is 62.9 cm³/mol. The Kier molecular flexibility index (Phi) is 5.17. The maximum atomic E-state index is 5.69. The lowest BCUT2D eigenvalue weighted by Crippen LogP contribution is -2.20. The van der Waals surface area contributed by atoms with E-state index >= 15 is 0 Å². The molecule has 14 heavy (non-hydrogen) atoms. The van der Waals surface area contributed by atoms with E-state index in [1.54, 1.807) is 0 Å². The van der Waals surface area contributed by atoms with E-state index < -0.39 is 0 Å². The minimum atomic E-state index is 0.217. The zero-order valence-electron chi connectivity index (χ0n) is 10.7. The number of nitrogens with zero attached hydrogens (tertiary/aromatic N) is 1. The van der Waals surface area contributed by atoms with E-state index in [4.69, 9.17) is 4.74 Å². The van der Waals surface area contributed by atoms with Crippen LogP contribution in [0.15, 0.2) is 4.99 Å². The highest BCUT2D eigenvalue weighted by molar-refractivity contribution is 5.77. The van der Waals surface area contributed by atoms with Crippen LogP contribution in [0.5, 0.6) is 0 Å². The van der Waals surface area contributed by atoms with Gasteiger partial charge in [-0.1, -0.05) is 20.8 Å². The molecule has 0 aromatic heterocycles. The van der Waals surface area contributed by atoms with Crippen molar-refractivity contribution >= 4 is 5.90 Å². The van der Waals surface area contributed by atoms with Crippen molar-refractivity contribution in [1.82, 2.24) is 0 Å². The zero-order valence-corrected chi connectivity index (χ0v) is 10.7. The highest BCUT2D eigenvalue weighted by atomic mass is 16.5. The third-order valence-electron chi connectivity index (χ3n) is 1.46. The maximum Gasteiger partial charge on any atom is 0.184 e. The molecule has 0 saturated carbocycles. The van der Waals surface area contributed by atoms with Gasteiger partial charge in [0.05, 0.1) is 6.10 Å². The molecule has 0 heterocycles. The third kappa shape index (κ3) is 8.09. The molecular weight excluding hydrogens is 174 g/mol. The fraction of sp³-hybridized carbons (Fsp3) is 0.917. The molecule has 0 aromatic carbocycles. The lowest BCUT2D eigenvalue weighted by molar-refractivity contribution is 0.208.